The number of para-hydroxylation sites is 1. The molecule has 0 saturated carbocycles. The summed E-state index contributed by atoms with van der Waals surface area (Å²) in [5.41, 5.74) is 1.20. The molecule has 0 unspecified atom stereocenters. The van der Waals surface area contributed by atoms with Crippen LogP contribution in [0.2, 0.25) is 0 Å². The molecule has 3 aliphatic heterocycles. The van der Waals surface area contributed by atoms with Crippen LogP contribution in [0, 0.1) is 5.92 Å². The number of benzene rings is 1. The van der Waals surface area contributed by atoms with E-state index in [1.54, 1.807) is 0 Å². The Kier molecular flexibility index (Phi) is 3.38. The molecule has 1 aromatic carbocycles. The van der Waals surface area contributed by atoms with Crippen LogP contribution < -0.4 is 10.2 Å². The van der Waals surface area contributed by atoms with Gasteiger partial charge in [-0.25, -0.2) is 0 Å². The number of nitrogens with zero attached hydrogens (tertiary/aromatic N) is 2. The van der Waals surface area contributed by atoms with E-state index in [1.165, 1.54) is 5.56 Å². The summed E-state index contributed by atoms with van der Waals surface area (Å²) in [6, 6.07) is 8.29. The van der Waals surface area contributed by atoms with E-state index in [0.717, 1.165) is 51.3 Å². The molecule has 2 atom stereocenters. The minimum atomic E-state index is -0.0665. The molecule has 114 valence electrons. The molecule has 0 aromatic heterocycles. The lowest BCUT2D eigenvalue weighted by Crippen LogP contribution is -2.71. The SMILES string of the molecule is OC[C@H]1CC[C@]2(N3Cc4ccccc4O3)CNCCN2C1. The lowest BCUT2D eigenvalue weighted by Gasteiger charge is -2.54. The Bertz CT molecular complexity index is 499. The smallest absolute Gasteiger partial charge is 0.152 e. The fourth-order valence-electron chi connectivity index (χ4n) is 3.95. The van der Waals surface area contributed by atoms with Crippen LogP contribution in [0.5, 0.6) is 5.75 Å². The number of aliphatic hydroxyl groups excluding tert-OH is 1. The van der Waals surface area contributed by atoms with Crippen LogP contribution in [0.15, 0.2) is 24.3 Å². The number of piperazine rings is 1. The van der Waals surface area contributed by atoms with E-state index in [9.17, 15) is 5.11 Å². The summed E-state index contributed by atoms with van der Waals surface area (Å²) in [4.78, 5) is 8.68. The van der Waals surface area contributed by atoms with Gasteiger partial charge in [-0.3, -0.25) is 4.90 Å². The van der Waals surface area contributed by atoms with Gasteiger partial charge in [0.05, 0.1) is 6.54 Å². The maximum absolute atomic E-state index is 9.49. The minimum Gasteiger partial charge on any atom is -0.403 e. The quantitative estimate of drug-likeness (QED) is 0.843. The fraction of sp³-hybridized carbons (Fsp3) is 0.625. The Balaban J connectivity index is 1.60. The van der Waals surface area contributed by atoms with Crippen molar-refractivity contribution < 1.29 is 9.94 Å². The zero-order chi connectivity index (χ0) is 14.3. The first-order chi connectivity index (χ1) is 10.3. The van der Waals surface area contributed by atoms with Crippen LogP contribution in [0.3, 0.4) is 0 Å². The molecule has 0 spiro atoms. The number of hydrogen-bond donors (Lipinski definition) is 2. The van der Waals surface area contributed by atoms with E-state index >= 15 is 0 Å². The Hall–Kier alpha value is -1.14. The van der Waals surface area contributed by atoms with Gasteiger partial charge in [-0.1, -0.05) is 18.2 Å². The van der Waals surface area contributed by atoms with E-state index in [1.807, 2.05) is 12.1 Å². The molecule has 0 amide bonds. The minimum absolute atomic E-state index is 0.0665. The van der Waals surface area contributed by atoms with Crippen LogP contribution >= 0.6 is 0 Å². The average Bonchev–Trinajstić information content (AvgIpc) is 2.99. The molecule has 2 fully saturated rings. The molecule has 3 heterocycles. The van der Waals surface area contributed by atoms with Gasteiger partial charge in [-0.2, -0.15) is 0 Å². The van der Waals surface area contributed by atoms with Gasteiger partial charge in [0.2, 0.25) is 0 Å². The van der Waals surface area contributed by atoms with Crippen molar-refractivity contribution in [2.45, 2.75) is 25.0 Å². The number of piperidine rings is 1. The summed E-state index contributed by atoms with van der Waals surface area (Å²) in [6.07, 6.45) is 2.10. The van der Waals surface area contributed by atoms with E-state index < -0.39 is 0 Å². The molecule has 21 heavy (non-hydrogen) atoms. The first kappa shape index (κ1) is 13.5. The normalized spacial score (nSPS) is 33.3. The van der Waals surface area contributed by atoms with Gasteiger partial charge < -0.3 is 15.3 Å². The standard InChI is InChI=1S/C16H23N3O2/c20-11-13-5-6-16(12-17-7-8-18(16)9-13)19-10-14-3-1-2-4-15(14)21-19/h1-4,13,17,20H,5-12H2/t13-,16-/m0/s1. The summed E-state index contributed by atoms with van der Waals surface area (Å²) in [7, 11) is 0. The predicted octanol–water partition coefficient (Wildman–Crippen LogP) is 0.800. The van der Waals surface area contributed by atoms with E-state index in [-0.39, 0.29) is 5.66 Å². The highest BCUT2D eigenvalue weighted by Gasteiger charge is 2.50. The van der Waals surface area contributed by atoms with Crippen LogP contribution in [-0.4, -0.2) is 53.5 Å². The molecular formula is C16H23N3O2. The molecule has 0 radical (unpaired) electrons. The number of hydrogen-bond acceptors (Lipinski definition) is 5. The molecule has 1 aromatic rings. The number of fused-ring (bicyclic) bond motifs is 2. The Morgan fingerprint density at radius 2 is 2.29 bits per heavy atom. The highest BCUT2D eigenvalue weighted by Crippen LogP contribution is 2.40. The number of hydroxylamine groups is 2. The van der Waals surface area contributed by atoms with Crippen LogP contribution in [-0.2, 0) is 6.54 Å². The second-order valence-corrected chi connectivity index (χ2v) is 6.43. The van der Waals surface area contributed by atoms with Crippen LogP contribution in [0.25, 0.3) is 0 Å². The molecule has 0 bridgehead atoms. The van der Waals surface area contributed by atoms with Crippen molar-refractivity contribution in [1.29, 1.82) is 0 Å². The number of aliphatic hydroxyl groups is 1. The third-order valence-electron chi connectivity index (χ3n) is 5.20. The molecule has 5 heteroatoms. The van der Waals surface area contributed by atoms with Crippen LogP contribution in [0.4, 0.5) is 0 Å². The molecular weight excluding hydrogens is 266 g/mol. The van der Waals surface area contributed by atoms with Gasteiger partial charge in [0, 0.05) is 38.3 Å². The van der Waals surface area contributed by atoms with Crippen molar-refractivity contribution >= 4 is 0 Å². The van der Waals surface area contributed by atoms with Gasteiger partial charge in [0.15, 0.2) is 5.75 Å². The summed E-state index contributed by atoms with van der Waals surface area (Å²) in [6.45, 7) is 5.07. The topological polar surface area (TPSA) is 48.0 Å². The summed E-state index contributed by atoms with van der Waals surface area (Å²) in [5.74, 6) is 1.39. The zero-order valence-corrected chi connectivity index (χ0v) is 12.3. The fourth-order valence-corrected chi connectivity index (χ4v) is 3.95. The first-order valence-electron chi connectivity index (χ1n) is 7.92. The summed E-state index contributed by atoms with van der Waals surface area (Å²) >= 11 is 0. The lowest BCUT2D eigenvalue weighted by molar-refractivity contribution is -0.226. The maximum atomic E-state index is 9.49. The lowest BCUT2D eigenvalue weighted by atomic mass is 9.86. The summed E-state index contributed by atoms with van der Waals surface area (Å²) in [5, 5.41) is 15.2. The van der Waals surface area contributed by atoms with E-state index in [2.05, 4.69) is 27.4 Å². The van der Waals surface area contributed by atoms with Crippen molar-refractivity contribution in [1.82, 2.24) is 15.3 Å². The van der Waals surface area contributed by atoms with E-state index in [4.69, 9.17) is 4.84 Å². The highest BCUT2D eigenvalue weighted by atomic mass is 16.7. The highest BCUT2D eigenvalue weighted by molar-refractivity contribution is 5.35. The molecule has 2 N–H and O–H groups in total. The molecule has 5 nitrogen and oxygen atoms in total. The van der Waals surface area contributed by atoms with Gasteiger partial charge in [0.1, 0.15) is 5.66 Å². The predicted molar refractivity (Wildman–Crippen MR) is 79.6 cm³/mol. The van der Waals surface area contributed by atoms with Crippen molar-refractivity contribution in [2.24, 2.45) is 5.92 Å². The van der Waals surface area contributed by atoms with Crippen LogP contribution in [0.1, 0.15) is 18.4 Å². The van der Waals surface area contributed by atoms with Crippen molar-refractivity contribution in [3.05, 3.63) is 29.8 Å². The third-order valence-corrected chi connectivity index (χ3v) is 5.20. The van der Waals surface area contributed by atoms with Gasteiger partial charge in [0.25, 0.3) is 0 Å². The first-order valence-corrected chi connectivity index (χ1v) is 7.92. The second kappa shape index (κ2) is 5.25. The Morgan fingerprint density at radius 3 is 3.14 bits per heavy atom. The second-order valence-electron chi connectivity index (χ2n) is 6.43. The van der Waals surface area contributed by atoms with Gasteiger partial charge >= 0.3 is 0 Å². The average molecular weight is 289 g/mol. The van der Waals surface area contributed by atoms with Gasteiger partial charge in [-0.15, -0.1) is 5.06 Å². The Labute approximate surface area is 125 Å². The third kappa shape index (κ3) is 2.16. The monoisotopic (exact) mass is 289 g/mol. The van der Waals surface area contributed by atoms with Gasteiger partial charge in [-0.05, 0) is 24.8 Å². The largest absolute Gasteiger partial charge is 0.403 e. The Morgan fingerprint density at radius 1 is 1.38 bits per heavy atom. The zero-order valence-electron chi connectivity index (χ0n) is 12.3. The molecule has 2 saturated heterocycles. The van der Waals surface area contributed by atoms with Crippen molar-refractivity contribution in [3.8, 4) is 5.75 Å². The molecule has 0 aliphatic carbocycles. The molecule has 3 aliphatic rings. The van der Waals surface area contributed by atoms with Crippen molar-refractivity contribution in [3.63, 3.8) is 0 Å². The molecule has 4 rings (SSSR count). The van der Waals surface area contributed by atoms with Crippen molar-refractivity contribution in [2.75, 3.05) is 32.8 Å². The number of nitrogens with one attached hydrogen (secondary N) is 1. The van der Waals surface area contributed by atoms with E-state index in [0.29, 0.717) is 12.5 Å². The maximum Gasteiger partial charge on any atom is 0.152 e. The summed E-state index contributed by atoms with van der Waals surface area (Å²) < 4.78 is 0. The number of rotatable bonds is 2.